The number of hydrogen-bond acceptors (Lipinski definition) is 5. The first-order valence-electron chi connectivity index (χ1n) is 8.45. The van der Waals surface area contributed by atoms with Gasteiger partial charge in [0.05, 0.1) is 17.7 Å². The number of aryl methyl sites for hydroxylation is 2. The summed E-state index contributed by atoms with van der Waals surface area (Å²) < 4.78 is 2.29. The van der Waals surface area contributed by atoms with E-state index in [-0.39, 0.29) is 0 Å². The fourth-order valence-electron chi connectivity index (χ4n) is 3.16. The highest BCUT2D eigenvalue weighted by Gasteiger charge is 2.16. The van der Waals surface area contributed by atoms with E-state index in [0.717, 1.165) is 48.1 Å². The van der Waals surface area contributed by atoms with Gasteiger partial charge in [-0.2, -0.15) is 0 Å². The van der Waals surface area contributed by atoms with Crippen LogP contribution >= 0.6 is 11.3 Å². The zero-order valence-electron chi connectivity index (χ0n) is 13.8. The van der Waals surface area contributed by atoms with Crippen molar-refractivity contribution in [3.8, 4) is 11.4 Å². The third-order valence-electron chi connectivity index (χ3n) is 4.55. The Balaban J connectivity index is 1.62. The number of nitrogens with one attached hydrogen (secondary N) is 1. The van der Waals surface area contributed by atoms with Gasteiger partial charge in [0, 0.05) is 29.6 Å². The lowest BCUT2D eigenvalue weighted by Crippen LogP contribution is -2.04. The molecule has 1 N–H and O–H groups in total. The number of anilines is 1. The Hall–Kier alpha value is -2.21. The molecule has 0 fully saturated rings. The van der Waals surface area contributed by atoms with Gasteiger partial charge in [-0.1, -0.05) is 18.6 Å². The SMILES string of the molecule is Cc1ccc(-c2nnc3n2CCCCC3)cc1NCc1cscn1. The van der Waals surface area contributed by atoms with Crippen LogP contribution in [-0.4, -0.2) is 19.7 Å². The lowest BCUT2D eigenvalue weighted by atomic mass is 10.1. The highest BCUT2D eigenvalue weighted by Crippen LogP contribution is 2.27. The summed E-state index contributed by atoms with van der Waals surface area (Å²) in [4.78, 5) is 4.33. The highest BCUT2D eigenvalue weighted by atomic mass is 32.1. The average molecular weight is 339 g/mol. The lowest BCUT2D eigenvalue weighted by molar-refractivity contribution is 0.636. The molecule has 0 aliphatic carbocycles. The summed E-state index contributed by atoms with van der Waals surface area (Å²) in [7, 11) is 0. The normalized spacial score (nSPS) is 14.2. The predicted octanol–water partition coefficient (Wildman–Crippen LogP) is 4.05. The first-order valence-corrected chi connectivity index (χ1v) is 9.39. The molecule has 0 saturated heterocycles. The van der Waals surface area contributed by atoms with Crippen LogP contribution in [0.25, 0.3) is 11.4 Å². The fourth-order valence-corrected chi connectivity index (χ4v) is 3.72. The number of aromatic nitrogens is 4. The summed E-state index contributed by atoms with van der Waals surface area (Å²) in [6.45, 7) is 3.89. The molecule has 24 heavy (non-hydrogen) atoms. The Morgan fingerprint density at radius 3 is 3.04 bits per heavy atom. The van der Waals surface area contributed by atoms with Crippen LogP contribution in [0, 0.1) is 6.92 Å². The van der Waals surface area contributed by atoms with Crippen LogP contribution in [0.2, 0.25) is 0 Å². The van der Waals surface area contributed by atoms with Gasteiger partial charge in [0.2, 0.25) is 0 Å². The summed E-state index contributed by atoms with van der Waals surface area (Å²) in [6.07, 6.45) is 4.73. The van der Waals surface area contributed by atoms with Crippen molar-refractivity contribution in [2.45, 2.75) is 45.7 Å². The summed E-state index contributed by atoms with van der Waals surface area (Å²) >= 11 is 1.62. The van der Waals surface area contributed by atoms with Crippen molar-refractivity contribution in [3.63, 3.8) is 0 Å². The number of fused-ring (bicyclic) bond motifs is 1. The maximum Gasteiger partial charge on any atom is 0.164 e. The molecule has 1 aromatic carbocycles. The molecule has 1 aliphatic heterocycles. The van der Waals surface area contributed by atoms with Crippen molar-refractivity contribution < 1.29 is 0 Å². The van der Waals surface area contributed by atoms with Gasteiger partial charge in [-0.05, 0) is 31.4 Å². The van der Waals surface area contributed by atoms with Crippen LogP contribution in [0.5, 0.6) is 0 Å². The number of rotatable bonds is 4. The van der Waals surface area contributed by atoms with Crippen molar-refractivity contribution in [3.05, 3.63) is 46.2 Å². The molecule has 0 radical (unpaired) electrons. The van der Waals surface area contributed by atoms with Gasteiger partial charge in [-0.3, -0.25) is 0 Å². The Morgan fingerprint density at radius 1 is 1.21 bits per heavy atom. The molecule has 3 aromatic rings. The second-order valence-corrected chi connectivity index (χ2v) is 6.98. The van der Waals surface area contributed by atoms with E-state index < -0.39 is 0 Å². The Morgan fingerprint density at radius 2 is 2.17 bits per heavy atom. The minimum Gasteiger partial charge on any atom is -0.379 e. The summed E-state index contributed by atoms with van der Waals surface area (Å²) in [6, 6.07) is 6.48. The molecular weight excluding hydrogens is 318 g/mol. The largest absolute Gasteiger partial charge is 0.379 e. The summed E-state index contributed by atoms with van der Waals surface area (Å²) in [5, 5.41) is 14.5. The van der Waals surface area contributed by atoms with Gasteiger partial charge in [-0.15, -0.1) is 21.5 Å². The minimum absolute atomic E-state index is 0.742. The number of thiazole rings is 1. The van der Waals surface area contributed by atoms with Crippen molar-refractivity contribution in [1.82, 2.24) is 19.7 Å². The van der Waals surface area contributed by atoms with E-state index in [1.165, 1.54) is 24.8 Å². The molecule has 6 heteroatoms. The van der Waals surface area contributed by atoms with Crippen LogP contribution in [-0.2, 0) is 19.5 Å². The number of nitrogens with zero attached hydrogens (tertiary/aromatic N) is 4. The third-order valence-corrected chi connectivity index (χ3v) is 5.18. The van der Waals surface area contributed by atoms with E-state index in [4.69, 9.17) is 0 Å². The molecule has 0 atom stereocenters. The molecule has 5 nitrogen and oxygen atoms in total. The lowest BCUT2D eigenvalue weighted by Gasteiger charge is -2.12. The maximum atomic E-state index is 4.47. The molecule has 1 aliphatic rings. The fraction of sp³-hybridized carbons (Fsp3) is 0.389. The molecule has 124 valence electrons. The first-order chi connectivity index (χ1) is 11.8. The molecule has 0 bridgehead atoms. The monoisotopic (exact) mass is 339 g/mol. The van der Waals surface area contributed by atoms with E-state index in [1.54, 1.807) is 11.3 Å². The Kier molecular flexibility index (Phi) is 4.30. The average Bonchev–Trinajstić information content (AvgIpc) is 3.19. The topological polar surface area (TPSA) is 55.6 Å². The zero-order valence-corrected chi connectivity index (χ0v) is 14.6. The van der Waals surface area contributed by atoms with Gasteiger partial charge in [0.1, 0.15) is 5.82 Å². The third kappa shape index (κ3) is 3.06. The van der Waals surface area contributed by atoms with Crippen molar-refractivity contribution in [2.24, 2.45) is 0 Å². The van der Waals surface area contributed by atoms with Crippen LogP contribution in [0.1, 0.15) is 36.3 Å². The van der Waals surface area contributed by atoms with E-state index in [9.17, 15) is 0 Å². The van der Waals surface area contributed by atoms with Crippen LogP contribution < -0.4 is 5.32 Å². The quantitative estimate of drug-likeness (QED) is 0.779. The van der Waals surface area contributed by atoms with E-state index in [2.05, 4.69) is 55.6 Å². The van der Waals surface area contributed by atoms with Crippen molar-refractivity contribution in [1.29, 1.82) is 0 Å². The number of benzene rings is 1. The van der Waals surface area contributed by atoms with Gasteiger partial charge in [0.25, 0.3) is 0 Å². The molecule has 2 aromatic heterocycles. The molecule has 0 saturated carbocycles. The van der Waals surface area contributed by atoms with Crippen molar-refractivity contribution >= 4 is 17.0 Å². The van der Waals surface area contributed by atoms with Crippen LogP contribution in [0.4, 0.5) is 5.69 Å². The Bertz CT molecular complexity index is 822. The van der Waals surface area contributed by atoms with E-state index in [0.29, 0.717) is 0 Å². The van der Waals surface area contributed by atoms with Crippen LogP contribution in [0.15, 0.2) is 29.1 Å². The van der Waals surface area contributed by atoms with Gasteiger partial charge in [-0.25, -0.2) is 4.98 Å². The second kappa shape index (κ2) is 6.73. The zero-order chi connectivity index (χ0) is 16.4. The van der Waals surface area contributed by atoms with Crippen LogP contribution in [0.3, 0.4) is 0 Å². The Labute approximate surface area is 145 Å². The molecule has 4 rings (SSSR count). The molecule has 3 heterocycles. The van der Waals surface area contributed by atoms with Crippen molar-refractivity contribution in [2.75, 3.05) is 5.32 Å². The summed E-state index contributed by atoms with van der Waals surface area (Å²) in [5.74, 6) is 2.11. The molecular formula is C18H21N5S. The first kappa shape index (κ1) is 15.3. The predicted molar refractivity (Wildman–Crippen MR) is 97.2 cm³/mol. The summed E-state index contributed by atoms with van der Waals surface area (Å²) in [5.41, 5.74) is 6.42. The van der Waals surface area contributed by atoms with Gasteiger partial charge < -0.3 is 9.88 Å². The second-order valence-electron chi connectivity index (χ2n) is 6.27. The minimum atomic E-state index is 0.742. The number of hydrogen-bond donors (Lipinski definition) is 1. The van der Waals surface area contributed by atoms with Gasteiger partial charge in [0.15, 0.2) is 5.82 Å². The smallest absolute Gasteiger partial charge is 0.164 e. The molecule has 0 amide bonds. The molecule has 0 spiro atoms. The van der Waals surface area contributed by atoms with E-state index >= 15 is 0 Å². The highest BCUT2D eigenvalue weighted by molar-refractivity contribution is 7.07. The standard InChI is InChI=1S/C18H21N5S/c1-13-6-7-14(9-16(13)19-10-15-11-24-12-20-15)18-22-21-17-5-3-2-4-8-23(17)18/h6-7,9,11-12,19H,2-5,8,10H2,1H3. The maximum absolute atomic E-state index is 4.47. The van der Waals surface area contributed by atoms with Gasteiger partial charge >= 0.3 is 0 Å². The van der Waals surface area contributed by atoms with E-state index in [1.807, 2.05) is 5.51 Å². The molecule has 0 unspecified atom stereocenters.